The van der Waals surface area contributed by atoms with Crippen molar-refractivity contribution in [2.24, 2.45) is 0 Å². The number of benzene rings is 3. The first-order valence-electron chi connectivity index (χ1n) is 16.8. The van der Waals surface area contributed by atoms with Crippen molar-refractivity contribution in [1.29, 1.82) is 0 Å². The summed E-state index contributed by atoms with van der Waals surface area (Å²) in [6.45, 7) is 8.32. The molecule has 49 heavy (non-hydrogen) atoms. The highest BCUT2D eigenvalue weighted by molar-refractivity contribution is 6.34. The van der Waals surface area contributed by atoms with Gasteiger partial charge in [0.1, 0.15) is 5.75 Å². The lowest BCUT2D eigenvalue weighted by Gasteiger charge is -2.36. The number of nitrogens with zero attached hydrogens (tertiary/aromatic N) is 3. The number of anilines is 2. The number of amides is 3. The number of methoxy groups -OCH3 is 1. The monoisotopic (exact) mass is 709 g/mol. The Balaban J connectivity index is 1.27. The van der Waals surface area contributed by atoms with E-state index in [1.165, 1.54) is 7.11 Å². The van der Waals surface area contributed by atoms with Crippen LogP contribution in [0.2, 0.25) is 10.0 Å². The van der Waals surface area contributed by atoms with Gasteiger partial charge in [0.15, 0.2) is 0 Å². The van der Waals surface area contributed by atoms with Gasteiger partial charge in [-0.15, -0.1) is 0 Å². The number of carbonyl (C=O) groups excluding carboxylic acids is 3. The van der Waals surface area contributed by atoms with Crippen LogP contribution in [0.4, 0.5) is 11.4 Å². The molecule has 262 valence electrons. The summed E-state index contributed by atoms with van der Waals surface area (Å²) in [6.07, 6.45) is 1.28. The highest BCUT2D eigenvalue weighted by Gasteiger charge is 2.32. The normalized spacial score (nSPS) is 17.3. The predicted molar refractivity (Wildman–Crippen MR) is 194 cm³/mol. The molecule has 0 spiro atoms. The highest BCUT2D eigenvalue weighted by atomic mass is 35.5. The Morgan fingerprint density at radius 1 is 0.959 bits per heavy atom. The van der Waals surface area contributed by atoms with Crippen molar-refractivity contribution in [1.82, 2.24) is 15.1 Å². The van der Waals surface area contributed by atoms with Crippen LogP contribution in [0.25, 0.3) is 0 Å². The van der Waals surface area contributed by atoms with E-state index >= 15 is 0 Å². The molecule has 0 bridgehead atoms. The van der Waals surface area contributed by atoms with Crippen molar-refractivity contribution in [3.63, 3.8) is 0 Å². The van der Waals surface area contributed by atoms with Crippen LogP contribution in [0.3, 0.4) is 0 Å². The van der Waals surface area contributed by atoms with E-state index in [0.29, 0.717) is 97.3 Å². The summed E-state index contributed by atoms with van der Waals surface area (Å²) >= 11 is 12.7. The van der Waals surface area contributed by atoms with Crippen molar-refractivity contribution < 1.29 is 24.2 Å². The molecule has 3 amide bonds. The Morgan fingerprint density at radius 3 is 2.43 bits per heavy atom. The number of hydrogen-bond acceptors (Lipinski definition) is 7. The van der Waals surface area contributed by atoms with Gasteiger partial charge in [-0.2, -0.15) is 0 Å². The van der Waals surface area contributed by atoms with Crippen LogP contribution in [0.1, 0.15) is 65.3 Å². The van der Waals surface area contributed by atoms with Gasteiger partial charge in [0.25, 0.3) is 11.8 Å². The highest BCUT2D eigenvalue weighted by Crippen LogP contribution is 2.40. The van der Waals surface area contributed by atoms with Gasteiger partial charge in [-0.3, -0.25) is 19.3 Å². The standard InChI is InChI=1S/C37H45Cl2N5O5/c1-24(2)40-22-28(45)23-42-15-17-43(18-16-42)35(46)19-25-7-6-14-44(33-13-10-26(38)20-31(25)33)37(48)30-12-11-27(21-34(30)49-3)41-36(47)29-8-4-5-9-32(29)39/h4-5,8-13,20-21,24-25,28,40,45H,6-7,14-19,22-23H2,1-3H3,(H,41,47). The molecule has 3 aromatic carbocycles. The topological polar surface area (TPSA) is 114 Å². The minimum atomic E-state index is -0.458. The van der Waals surface area contributed by atoms with Crippen LogP contribution in [-0.4, -0.2) is 97.7 Å². The Labute approximate surface area is 298 Å². The Bertz CT molecular complexity index is 1650. The van der Waals surface area contributed by atoms with Crippen molar-refractivity contribution in [2.45, 2.75) is 51.2 Å². The van der Waals surface area contributed by atoms with E-state index in [1.54, 1.807) is 53.4 Å². The van der Waals surface area contributed by atoms with Crippen LogP contribution in [0.15, 0.2) is 60.7 Å². The minimum absolute atomic E-state index is 0.0773. The molecule has 2 atom stereocenters. The van der Waals surface area contributed by atoms with E-state index in [0.717, 1.165) is 17.7 Å². The maximum Gasteiger partial charge on any atom is 0.262 e. The molecule has 12 heteroatoms. The lowest BCUT2D eigenvalue weighted by Crippen LogP contribution is -2.51. The lowest BCUT2D eigenvalue weighted by atomic mass is 9.90. The number of rotatable bonds is 11. The van der Waals surface area contributed by atoms with Crippen LogP contribution >= 0.6 is 23.2 Å². The summed E-state index contributed by atoms with van der Waals surface area (Å²) < 4.78 is 5.62. The van der Waals surface area contributed by atoms with Gasteiger partial charge in [-0.1, -0.05) is 49.2 Å². The third-order valence-corrected chi connectivity index (χ3v) is 9.65. The minimum Gasteiger partial charge on any atom is -0.496 e. The van der Waals surface area contributed by atoms with Gasteiger partial charge >= 0.3 is 0 Å². The summed E-state index contributed by atoms with van der Waals surface area (Å²) in [5, 5.41) is 17.4. The number of ether oxygens (including phenoxy) is 1. The fourth-order valence-electron chi connectivity index (χ4n) is 6.48. The predicted octanol–water partition coefficient (Wildman–Crippen LogP) is 5.67. The zero-order chi connectivity index (χ0) is 35.1. The van der Waals surface area contributed by atoms with Crippen molar-refractivity contribution in [3.05, 3.63) is 87.4 Å². The Hall–Kier alpha value is -3.67. The molecule has 3 N–H and O–H groups in total. The molecule has 2 unspecified atom stereocenters. The van der Waals surface area contributed by atoms with E-state index in [-0.39, 0.29) is 23.6 Å². The van der Waals surface area contributed by atoms with Crippen LogP contribution < -0.4 is 20.3 Å². The second-order valence-corrected chi connectivity index (χ2v) is 13.8. The van der Waals surface area contributed by atoms with E-state index in [4.69, 9.17) is 27.9 Å². The Kier molecular flexibility index (Phi) is 12.6. The SMILES string of the molecule is COc1cc(NC(=O)c2ccccc2Cl)ccc1C(=O)N1CCCC(CC(=O)N2CCN(CC(O)CNC(C)C)CC2)c2cc(Cl)ccc21. The fraction of sp³-hybridized carbons (Fsp3) is 0.432. The van der Waals surface area contributed by atoms with Gasteiger partial charge < -0.3 is 30.3 Å². The molecule has 5 rings (SSSR count). The van der Waals surface area contributed by atoms with Crippen LogP contribution in [0.5, 0.6) is 5.75 Å². The van der Waals surface area contributed by atoms with Gasteiger partial charge in [-0.05, 0) is 66.8 Å². The number of carbonyl (C=O) groups is 3. The van der Waals surface area contributed by atoms with E-state index in [2.05, 4.69) is 29.4 Å². The molecule has 2 heterocycles. The molecule has 0 radical (unpaired) electrons. The quantitative estimate of drug-likeness (QED) is 0.235. The molecule has 0 aromatic heterocycles. The van der Waals surface area contributed by atoms with Crippen LogP contribution in [-0.2, 0) is 4.79 Å². The maximum absolute atomic E-state index is 14.1. The summed E-state index contributed by atoms with van der Waals surface area (Å²) in [5.74, 6) is -0.339. The van der Waals surface area contributed by atoms with Gasteiger partial charge in [0, 0.05) is 80.7 Å². The maximum atomic E-state index is 14.1. The summed E-state index contributed by atoms with van der Waals surface area (Å²) in [5.41, 5.74) is 2.73. The zero-order valence-corrected chi connectivity index (χ0v) is 29.8. The number of nitrogens with one attached hydrogen (secondary N) is 2. The number of piperazine rings is 1. The van der Waals surface area contributed by atoms with Crippen molar-refractivity contribution in [3.8, 4) is 5.75 Å². The van der Waals surface area contributed by atoms with E-state index in [9.17, 15) is 19.5 Å². The first-order chi connectivity index (χ1) is 23.5. The molecule has 3 aromatic rings. The second kappa shape index (κ2) is 16.8. The number of fused-ring (bicyclic) bond motifs is 1. The van der Waals surface area contributed by atoms with Crippen LogP contribution in [0, 0.1) is 0 Å². The first kappa shape index (κ1) is 36.6. The second-order valence-electron chi connectivity index (χ2n) is 13.0. The molecule has 0 aliphatic carbocycles. The lowest BCUT2D eigenvalue weighted by molar-refractivity contribution is -0.133. The average molecular weight is 711 g/mol. The zero-order valence-electron chi connectivity index (χ0n) is 28.3. The molecule has 1 saturated heterocycles. The molecular formula is C37H45Cl2N5O5. The van der Waals surface area contributed by atoms with Gasteiger partial charge in [0.2, 0.25) is 5.91 Å². The Morgan fingerprint density at radius 2 is 1.71 bits per heavy atom. The number of hydrogen-bond donors (Lipinski definition) is 3. The summed E-state index contributed by atoms with van der Waals surface area (Å²) in [7, 11) is 1.48. The largest absolute Gasteiger partial charge is 0.496 e. The van der Waals surface area contributed by atoms with Crippen molar-refractivity contribution in [2.75, 3.05) is 63.1 Å². The molecule has 0 saturated carbocycles. The van der Waals surface area contributed by atoms with E-state index in [1.807, 2.05) is 17.0 Å². The van der Waals surface area contributed by atoms with E-state index < -0.39 is 6.10 Å². The first-order valence-corrected chi connectivity index (χ1v) is 17.6. The number of β-amino-alcohol motifs (C(OH)–C–C–N with tert-alkyl or cyclic N) is 1. The molecule has 2 aliphatic heterocycles. The number of aliphatic hydroxyl groups is 1. The van der Waals surface area contributed by atoms with Crippen molar-refractivity contribution >= 4 is 52.3 Å². The molecule has 10 nitrogen and oxygen atoms in total. The molecule has 1 fully saturated rings. The molecule has 2 aliphatic rings. The summed E-state index contributed by atoms with van der Waals surface area (Å²) in [4.78, 5) is 46.4. The average Bonchev–Trinajstić information content (AvgIpc) is 3.26. The molecular weight excluding hydrogens is 665 g/mol. The number of aliphatic hydroxyl groups excluding tert-OH is 1. The third-order valence-electron chi connectivity index (χ3n) is 9.08. The van der Waals surface area contributed by atoms with Gasteiger partial charge in [0.05, 0.1) is 29.4 Å². The number of halogens is 2. The van der Waals surface area contributed by atoms with Gasteiger partial charge in [-0.25, -0.2) is 0 Å². The summed E-state index contributed by atoms with van der Waals surface area (Å²) in [6, 6.07) is 17.5. The smallest absolute Gasteiger partial charge is 0.262 e. The fourth-order valence-corrected chi connectivity index (χ4v) is 6.88. The third kappa shape index (κ3) is 9.32.